The number of aromatic nitrogens is 1. The van der Waals surface area contributed by atoms with Gasteiger partial charge in [-0.3, -0.25) is 10.1 Å². The van der Waals surface area contributed by atoms with Crippen LogP contribution < -0.4 is 10.6 Å². The molecule has 3 amide bonds. The van der Waals surface area contributed by atoms with Crippen molar-refractivity contribution < 1.29 is 9.59 Å². The van der Waals surface area contributed by atoms with Crippen molar-refractivity contribution >= 4 is 28.4 Å². The zero-order valence-electron chi connectivity index (χ0n) is 14.4. The number of carbonyl (C=O) groups excluding carboxylic acids is 2. The van der Waals surface area contributed by atoms with Crippen LogP contribution >= 0.6 is 11.3 Å². The van der Waals surface area contributed by atoms with Gasteiger partial charge in [-0.25, -0.2) is 9.78 Å². The number of rotatable bonds is 4. The van der Waals surface area contributed by atoms with E-state index in [2.05, 4.69) is 29.5 Å². The summed E-state index contributed by atoms with van der Waals surface area (Å²) in [6.07, 6.45) is 5.86. The molecule has 1 saturated carbocycles. The Morgan fingerprint density at radius 3 is 2.79 bits per heavy atom. The van der Waals surface area contributed by atoms with Crippen LogP contribution in [0.3, 0.4) is 0 Å². The number of urea groups is 1. The molecule has 3 rings (SSSR count). The predicted octanol–water partition coefficient (Wildman–Crippen LogP) is 3.14. The maximum absolute atomic E-state index is 12.2. The van der Waals surface area contributed by atoms with Gasteiger partial charge in [-0.15, -0.1) is 0 Å². The summed E-state index contributed by atoms with van der Waals surface area (Å²) in [6, 6.07) is 0.129. The monoisotopic (exact) mass is 350 g/mol. The van der Waals surface area contributed by atoms with E-state index in [0.717, 1.165) is 36.4 Å². The minimum Gasteiger partial charge on any atom is -0.337 e. The summed E-state index contributed by atoms with van der Waals surface area (Å²) < 4.78 is 0. The summed E-state index contributed by atoms with van der Waals surface area (Å²) in [7, 11) is 0. The standard InChI is InChI=1S/C17H26N4O2S/c1-11(2)9-15(22)21-8-7-13-14(10-21)24-17(19-13)20-16(23)18-12-5-3-4-6-12/h11-12H,3-10H2,1-2H3,(H2,18,19,20,23). The number of amides is 3. The SMILES string of the molecule is CC(C)CC(=O)N1CCc2nc(NC(=O)NC3CCCC3)sc2C1. The molecular formula is C17H26N4O2S. The number of fused-ring (bicyclic) bond motifs is 1. The van der Waals surface area contributed by atoms with Gasteiger partial charge in [0, 0.05) is 30.3 Å². The fraction of sp³-hybridized carbons (Fsp3) is 0.706. The first-order chi connectivity index (χ1) is 11.5. The molecule has 1 aliphatic heterocycles. The first kappa shape index (κ1) is 17.2. The van der Waals surface area contributed by atoms with Crippen LogP contribution in [0.2, 0.25) is 0 Å². The van der Waals surface area contributed by atoms with E-state index in [1.807, 2.05) is 4.90 Å². The third kappa shape index (κ3) is 4.26. The molecule has 132 valence electrons. The topological polar surface area (TPSA) is 74.3 Å². The van der Waals surface area contributed by atoms with E-state index >= 15 is 0 Å². The van der Waals surface area contributed by atoms with Gasteiger partial charge in [0.05, 0.1) is 12.2 Å². The van der Waals surface area contributed by atoms with Crippen LogP contribution in [-0.4, -0.2) is 34.4 Å². The summed E-state index contributed by atoms with van der Waals surface area (Å²) in [5.41, 5.74) is 1.02. The molecule has 0 spiro atoms. The molecule has 6 nitrogen and oxygen atoms in total. The Morgan fingerprint density at radius 2 is 2.08 bits per heavy atom. The second-order valence-corrected chi connectivity index (χ2v) is 8.22. The number of hydrogen-bond acceptors (Lipinski definition) is 4. The van der Waals surface area contributed by atoms with Gasteiger partial charge in [0.15, 0.2) is 5.13 Å². The third-order valence-corrected chi connectivity index (χ3v) is 5.58. The van der Waals surface area contributed by atoms with Crippen molar-refractivity contribution in [1.82, 2.24) is 15.2 Å². The Hall–Kier alpha value is -1.63. The Kier molecular flexibility index (Phi) is 5.38. The molecule has 1 aromatic rings. The lowest BCUT2D eigenvalue weighted by molar-refractivity contribution is -0.132. The summed E-state index contributed by atoms with van der Waals surface area (Å²) in [4.78, 5) is 31.8. The van der Waals surface area contributed by atoms with Gasteiger partial charge in [0.1, 0.15) is 0 Å². The van der Waals surface area contributed by atoms with Crippen LogP contribution in [-0.2, 0) is 17.8 Å². The van der Waals surface area contributed by atoms with Crippen molar-refractivity contribution in [3.63, 3.8) is 0 Å². The average molecular weight is 350 g/mol. The van der Waals surface area contributed by atoms with Gasteiger partial charge >= 0.3 is 6.03 Å². The van der Waals surface area contributed by atoms with E-state index in [1.165, 1.54) is 24.2 Å². The molecule has 1 aromatic heterocycles. The van der Waals surface area contributed by atoms with Gasteiger partial charge in [0.25, 0.3) is 0 Å². The third-order valence-electron chi connectivity index (χ3n) is 4.58. The molecule has 24 heavy (non-hydrogen) atoms. The normalized spacial score (nSPS) is 17.9. The quantitative estimate of drug-likeness (QED) is 0.876. The van der Waals surface area contributed by atoms with Gasteiger partial charge in [0.2, 0.25) is 5.91 Å². The van der Waals surface area contributed by atoms with Crippen LogP contribution in [0.25, 0.3) is 0 Å². The van der Waals surface area contributed by atoms with E-state index in [4.69, 9.17) is 0 Å². The Morgan fingerprint density at radius 1 is 1.33 bits per heavy atom. The number of anilines is 1. The van der Waals surface area contributed by atoms with Gasteiger partial charge in [-0.2, -0.15) is 0 Å². The number of nitrogens with zero attached hydrogens (tertiary/aromatic N) is 2. The van der Waals surface area contributed by atoms with Gasteiger partial charge in [-0.1, -0.05) is 38.0 Å². The van der Waals surface area contributed by atoms with Crippen LogP contribution in [0.15, 0.2) is 0 Å². The van der Waals surface area contributed by atoms with Crippen LogP contribution in [0.5, 0.6) is 0 Å². The number of thiazole rings is 1. The molecular weight excluding hydrogens is 324 g/mol. The van der Waals surface area contributed by atoms with Gasteiger partial charge in [-0.05, 0) is 18.8 Å². The van der Waals surface area contributed by atoms with Crippen molar-refractivity contribution in [3.05, 3.63) is 10.6 Å². The highest BCUT2D eigenvalue weighted by Gasteiger charge is 2.25. The molecule has 2 heterocycles. The molecule has 1 aliphatic carbocycles. The molecule has 0 bridgehead atoms. The fourth-order valence-corrected chi connectivity index (χ4v) is 4.35. The zero-order chi connectivity index (χ0) is 17.1. The Balaban J connectivity index is 1.56. The van der Waals surface area contributed by atoms with Crippen molar-refractivity contribution in [1.29, 1.82) is 0 Å². The highest BCUT2D eigenvalue weighted by atomic mass is 32.1. The van der Waals surface area contributed by atoms with Crippen molar-refractivity contribution in [2.24, 2.45) is 5.92 Å². The molecule has 1 fully saturated rings. The van der Waals surface area contributed by atoms with Crippen molar-refractivity contribution in [3.8, 4) is 0 Å². The Labute approximate surface area is 147 Å². The summed E-state index contributed by atoms with van der Waals surface area (Å²) in [5, 5.41) is 6.50. The van der Waals surface area contributed by atoms with E-state index in [9.17, 15) is 9.59 Å². The smallest absolute Gasteiger partial charge is 0.321 e. The molecule has 0 atom stereocenters. The van der Waals surface area contributed by atoms with Crippen molar-refractivity contribution in [2.45, 2.75) is 65.0 Å². The largest absolute Gasteiger partial charge is 0.337 e. The minimum absolute atomic E-state index is 0.166. The lowest BCUT2D eigenvalue weighted by Gasteiger charge is -2.26. The Bertz CT molecular complexity index is 608. The van der Waals surface area contributed by atoms with Crippen molar-refractivity contribution in [2.75, 3.05) is 11.9 Å². The predicted molar refractivity (Wildman–Crippen MR) is 95.1 cm³/mol. The van der Waals surface area contributed by atoms with E-state index in [0.29, 0.717) is 30.1 Å². The van der Waals surface area contributed by atoms with E-state index in [-0.39, 0.29) is 11.9 Å². The number of hydrogen-bond donors (Lipinski definition) is 2. The highest BCUT2D eigenvalue weighted by molar-refractivity contribution is 7.15. The van der Waals surface area contributed by atoms with Crippen LogP contribution in [0.4, 0.5) is 9.93 Å². The molecule has 0 saturated heterocycles. The molecule has 2 aliphatic rings. The summed E-state index contributed by atoms with van der Waals surface area (Å²) in [5.74, 6) is 0.578. The lowest BCUT2D eigenvalue weighted by Crippen LogP contribution is -2.36. The lowest BCUT2D eigenvalue weighted by atomic mass is 10.1. The first-order valence-electron chi connectivity index (χ1n) is 8.85. The second kappa shape index (κ2) is 7.51. The number of carbonyl (C=O) groups is 2. The summed E-state index contributed by atoms with van der Waals surface area (Å²) >= 11 is 1.48. The van der Waals surface area contributed by atoms with Crippen LogP contribution in [0.1, 0.15) is 56.5 Å². The summed E-state index contributed by atoms with van der Waals surface area (Å²) in [6.45, 7) is 5.45. The molecule has 0 unspecified atom stereocenters. The molecule has 0 radical (unpaired) electrons. The molecule has 0 aromatic carbocycles. The zero-order valence-corrected chi connectivity index (χ0v) is 15.2. The second-order valence-electron chi connectivity index (χ2n) is 7.13. The molecule has 7 heteroatoms. The average Bonchev–Trinajstić information content (AvgIpc) is 3.14. The highest BCUT2D eigenvalue weighted by Crippen LogP contribution is 2.29. The van der Waals surface area contributed by atoms with E-state index < -0.39 is 0 Å². The first-order valence-corrected chi connectivity index (χ1v) is 9.67. The van der Waals surface area contributed by atoms with Crippen LogP contribution in [0, 0.1) is 5.92 Å². The molecule has 2 N–H and O–H groups in total. The maximum Gasteiger partial charge on any atom is 0.321 e. The maximum atomic E-state index is 12.2. The number of nitrogens with one attached hydrogen (secondary N) is 2. The fourth-order valence-electron chi connectivity index (χ4n) is 3.33. The van der Waals surface area contributed by atoms with E-state index in [1.54, 1.807) is 0 Å². The minimum atomic E-state index is -0.166. The van der Waals surface area contributed by atoms with Gasteiger partial charge < -0.3 is 10.2 Å².